The van der Waals surface area contributed by atoms with Gasteiger partial charge in [-0.25, -0.2) is 0 Å². The van der Waals surface area contributed by atoms with Gasteiger partial charge >= 0.3 is 11.9 Å². The fraction of sp³-hybridized carbons (Fsp3) is 0.958. The number of fused-ring (bicyclic) bond motifs is 7. The molecular weight excluding hydrogens is 881 g/mol. The molecule has 8 fully saturated rings. The highest BCUT2D eigenvalue weighted by Gasteiger charge is 2.72. The number of aliphatic hydroxyl groups is 9. The minimum absolute atomic E-state index is 0.0868. The number of rotatable bonds is 10. The fourth-order valence-electron chi connectivity index (χ4n) is 15.5. The van der Waals surface area contributed by atoms with E-state index in [2.05, 4.69) is 20.8 Å². The van der Waals surface area contributed by atoms with E-state index < -0.39 is 134 Å². The third-order valence-electron chi connectivity index (χ3n) is 19.7. The molecule has 19 heteroatoms. The SMILES string of the molecule is CC(=O)OC[C@H]1O[C@@H](OC[C@]2(C)[C@@H]3CC[C@]4(C)[C@H](CC[C@@H]5[C@@H]6C[C@](C)(O)CC[C@]6(C(=O)O)CC[C@]54C)[C@@]3(C)CC[C@@H]2O)[C@H](O[C@@H]2O[C@@H](C)[C@@H](O)[C@@H](O)[C@@H]2O)[C@@H](O[C@@H]2OC[C@H](O)[C@H](O)[C@H]2O)[C@@H]1O. The number of carbonyl (C=O) groups is 2. The van der Waals surface area contributed by atoms with Crippen LogP contribution in [0.15, 0.2) is 0 Å². The van der Waals surface area contributed by atoms with Gasteiger partial charge in [-0.3, -0.25) is 9.59 Å². The van der Waals surface area contributed by atoms with Crippen LogP contribution in [-0.4, -0.2) is 181 Å². The second kappa shape index (κ2) is 18.4. The van der Waals surface area contributed by atoms with Crippen molar-refractivity contribution in [1.82, 2.24) is 0 Å². The summed E-state index contributed by atoms with van der Waals surface area (Å²) in [4.78, 5) is 25.2. The lowest BCUT2D eigenvalue weighted by atomic mass is 9.31. The molecule has 0 aromatic carbocycles. The monoisotopic (exact) mass is 959 g/mol. The molecule has 19 nitrogen and oxygen atoms in total. The molecule has 10 N–H and O–H groups in total. The molecule has 0 radical (unpaired) electrons. The van der Waals surface area contributed by atoms with Gasteiger partial charge in [0.05, 0.1) is 36.4 Å². The molecule has 8 aliphatic rings. The summed E-state index contributed by atoms with van der Waals surface area (Å²) < 4.78 is 42.2. The van der Waals surface area contributed by atoms with Gasteiger partial charge in [-0.2, -0.15) is 0 Å². The topological polar surface area (TPSA) is 301 Å². The number of hydrogen-bond acceptors (Lipinski definition) is 18. The highest BCUT2D eigenvalue weighted by molar-refractivity contribution is 5.75. The van der Waals surface area contributed by atoms with Gasteiger partial charge < -0.3 is 84.2 Å². The molecule has 3 aliphatic heterocycles. The smallest absolute Gasteiger partial charge is 0.309 e. The van der Waals surface area contributed by atoms with Gasteiger partial charge in [0.1, 0.15) is 67.6 Å². The van der Waals surface area contributed by atoms with Gasteiger partial charge in [-0.1, -0.05) is 27.7 Å². The van der Waals surface area contributed by atoms with Crippen LogP contribution < -0.4 is 0 Å². The van der Waals surface area contributed by atoms with E-state index in [1.165, 1.54) is 13.8 Å². The molecule has 5 aliphatic carbocycles. The summed E-state index contributed by atoms with van der Waals surface area (Å²) in [7, 11) is 0. The number of carbonyl (C=O) groups excluding carboxylic acids is 1. The first-order valence-electron chi connectivity index (χ1n) is 24.6. The number of ether oxygens (including phenoxy) is 7. The minimum Gasteiger partial charge on any atom is -0.481 e. The zero-order valence-electron chi connectivity index (χ0n) is 40.0. The Hall–Kier alpha value is -1.66. The molecule has 8 rings (SSSR count). The van der Waals surface area contributed by atoms with Crippen LogP contribution in [0.1, 0.15) is 119 Å². The van der Waals surface area contributed by atoms with Crippen LogP contribution in [0.5, 0.6) is 0 Å². The first-order valence-corrected chi connectivity index (χ1v) is 24.6. The van der Waals surface area contributed by atoms with Gasteiger partial charge in [0.25, 0.3) is 0 Å². The lowest BCUT2D eigenvalue weighted by Gasteiger charge is -2.73. The van der Waals surface area contributed by atoms with Crippen molar-refractivity contribution < 1.29 is 93.8 Å². The third-order valence-corrected chi connectivity index (χ3v) is 19.7. The van der Waals surface area contributed by atoms with Gasteiger partial charge in [0, 0.05) is 12.3 Å². The Balaban J connectivity index is 1.09. The van der Waals surface area contributed by atoms with Crippen molar-refractivity contribution in [1.29, 1.82) is 0 Å². The van der Waals surface area contributed by atoms with E-state index in [9.17, 15) is 60.7 Å². The summed E-state index contributed by atoms with van der Waals surface area (Å²) in [6.07, 6.45) is -15.7. The largest absolute Gasteiger partial charge is 0.481 e. The highest BCUT2D eigenvalue weighted by Crippen LogP contribution is 2.77. The maximum Gasteiger partial charge on any atom is 0.309 e. The summed E-state index contributed by atoms with van der Waals surface area (Å²) in [5.41, 5.74) is -3.37. The van der Waals surface area contributed by atoms with Crippen LogP contribution in [-0.2, 0) is 42.7 Å². The molecule has 0 amide bonds. The Morgan fingerprint density at radius 3 is 2.01 bits per heavy atom. The first-order chi connectivity index (χ1) is 31.2. The summed E-state index contributed by atoms with van der Waals surface area (Å²) in [6, 6.07) is 0. The van der Waals surface area contributed by atoms with Crippen LogP contribution in [0, 0.1) is 50.7 Å². The van der Waals surface area contributed by atoms with Crippen molar-refractivity contribution in [2.45, 2.75) is 217 Å². The molecule has 0 aromatic heterocycles. The zero-order chi connectivity index (χ0) is 49.0. The molecule has 384 valence electrons. The standard InChI is InChI=1S/C48H78O19/c1-22-31(52)34(55)36(57)40(64-22)67-38-37(66-39-35(56)32(53)26(50)19-62-39)33(54)27(20-61-23(2)49)65-41(38)63-21-45(5)28-10-13-47(7)29(44(28,4)12-11-30(45)51)9-8-24-25-18-43(3,60)14-16-48(25,42(58)59)17-15-46(24,47)6/h22,24-41,50-57,60H,8-21H2,1-7H3,(H,58,59)/t22-,24+,25-,26-,27+,28+,29+,30-,31+,32-,33+,34+,35+,36-,37-,38+,39-,40-,41+,43+,44-,45+,46+,47+,48-/m0/s1. The Morgan fingerprint density at radius 1 is 0.657 bits per heavy atom. The Labute approximate surface area is 392 Å². The van der Waals surface area contributed by atoms with Gasteiger partial charge in [-0.15, -0.1) is 0 Å². The number of carboxylic acid groups (broad SMARTS) is 1. The molecule has 3 heterocycles. The summed E-state index contributed by atoms with van der Waals surface area (Å²) >= 11 is 0. The molecule has 0 aromatic rings. The van der Waals surface area contributed by atoms with Crippen molar-refractivity contribution in [3.8, 4) is 0 Å². The van der Waals surface area contributed by atoms with Gasteiger partial charge in [0.15, 0.2) is 18.9 Å². The third kappa shape index (κ3) is 8.52. The van der Waals surface area contributed by atoms with E-state index in [1.807, 2.05) is 13.8 Å². The van der Waals surface area contributed by atoms with Crippen molar-refractivity contribution >= 4 is 11.9 Å². The Kier molecular flexibility index (Phi) is 14.2. The second-order valence-electron chi connectivity index (χ2n) is 23.3. The van der Waals surface area contributed by atoms with Crippen LogP contribution >= 0.6 is 0 Å². The van der Waals surface area contributed by atoms with Crippen molar-refractivity contribution in [3.05, 3.63) is 0 Å². The van der Waals surface area contributed by atoms with E-state index in [-0.39, 0.29) is 46.5 Å². The van der Waals surface area contributed by atoms with E-state index in [4.69, 9.17) is 33.2 Å². The number of aliphatic hydroxyl groups excluding tert-OH is 8. The average Bonchev–Trinajstić information content (AvgIpc) is 3.26. The van der Waals surface area contributed by atoms with E-state index in [0.29, 0.717) is 32.1 Å². The number of esters is 1. The molecular formula is C48H78O19. The highest BCUT2D eigenvalue weighted by atomic mass is 16.8. The van der Waals surface area contributed by atoms with Crippen LogP contribution in [0.25, 0.3) is 0 Å². The fourth-order valence-corrected chi connectivity index (χ4v) is 15.5. The van der Waals surface area contributed by atoms with E-state index in [1.54, 1.807) is 0 Å². The van der Waals surface area contributed by atoms with Crippen molar-refractivity contribution in [2.75, 3.05) is 19.8 Å². The van der Waals surface area contributed by atoms with Crippen LogP contribution in [0.2, 0.25) is 0 Å². The lowest BCUT2D eigenvalue weighted by molar-refractivity contribution is -0.389. The molecule has 67 heavy (non-hydrogen) atoms. The molecule has 0 spiro atoms. The van der Waals surface area contributed by atoms with Crippen molar-refractivity contribution in [3.63, 3.8) is 0 Å². The first kappa shape index (κ1) is 51.7. The normalized spacial score (nSPS) is 55.6. The summed E-state index contributed by atoms with van der Waals surface area (Å²) in [5, 5.41) is 110. The average molecular weight is 959 g/mol. The lowest BCUT2D eigenvalue weighted by Crippen LogP contribution is -2.69. The van der Waals surface area contributed by atoms with E-state index in [0.717, 1.165) is 38.5 Å². The maximum atomic E-state index is 13.1. The number of aliphatic carboxylic acids is 1. The zero-order valence-corrected chi connectivity index (χ0v) is 40.0. The maximum absolute atomic E-state index is 13.1. The molecule has 3 saturated heterocycles. The molecule has 0 unspecified atom stereocenters. The summed E-state index contributed by atoms with van der Waals surface area (Å²) in [6.45, 7) is 12.5. The molecule has 25 atom stereocenters. The predicted octanol–water partition coefficient (Wildman–Crippen LogP) is 0.721. The quantitative estimate of drug-likeness (QED) is 0.135. The molecule has 0 bridgehead atoms. The second-order valence-corrected chi connectivity index (χ2v) is 23.3. The molecule has 5 saturated carbocycles. The van der Waals surface area contributed by atoms with Gasteiger partial charge in [0.2, 0.25) is 0 Å². The Morgan fingerprint density at radius 2 is 1.33 bits per heavy atom. The van der Waals surface area contributed by atoms with Crippen LogP contribution in [0.4, 0.5) is 0 Å². The predicted molar refractivity (Wildman–Crippen MR) is 231 cm³/mol. The minimum atomic E-state index is -1.82. The Bertz CT molecular complexity index is 1800. The van der Waals surface area contributed by atoms with Crippen molar-refractivity contribution in [2.24, 2.45) is 50.7 Å². The number of hydrogen-bond donors (Lipinski definition) is 10. The van der Waals surface area contributed by atoms with E-state index >= 15 is 0 Å². The number of carboxylic acids is 1. The van der Waals surface area contributed by atoms with Gasteiger partial charge in [-0.05, 0) is 124 Å². The summed E-state index contributed by atoms with van der Waals surface area (Å²) in [5.74, 6) is -1.34. The van der Waals surface area contributed by atoms with Crippen LogP contribution in [0.3, 0.4) is 0 Å².